The summed E-state index contributed by atoms with van der Waals surface area (Å²) in [7, 11) is 0. The van der Waals surface area contributed by atoms with Crippen LogP contribution in [0.1, 0.15) is 32.6 Å². The molecule has 1 rings (SSSR count). The summed E-state index contributed by atoms with van der Waals surface area (Å²) in [5.41, 5.74) is 0. The number of nitrogens with one attached hydrogen (secondary N) is 1. The van der Waals surface area contributed by atoms with E-state index >= 15 is 0 Å². The molecule has 1 atom stereocenters. The molecule has 0 spiro atoms. The highest BCUT2D eigenvalue weighted by Crippen LogP contribution is 2.33. The first-order valence-electron chi connectivity index (χ1n) is 4.28. The van der Waals surface area contributed by atoms with Crippen molar-refractivity contribution >= 4 is 0 Å². The lowest BCUT2D eigenvalue weighted by atomic mass is 9.91. The van der Waals surface area contributed by atoms with Crippen molar-refractivity contribution in [2.24, 2.45) is 0 Å². The molecule has 1 fully saturated rings. The Labute approximate surface area is 66.2 Å². The van der Waals surface area contributed by atoms with E-state index in [4.69, 9.17) is 0 Å². The minimum atomic E-state index is -2.46. The van der Waals surface area contributed by atoms with Crippen molar-refractivity contribution in [3.63, 3.8) is 0 Å². The van der Waals surface area contributed by atoms with Gasteiger partial charge in [0.25, 0.3) is 5.92 Å². The molecule has 0 aromatic rings. The zero-order valence-corrected chi connectivity index (χ0v) is 6.87. The third-order valence-electron chi connectivity index (χ3n) is 2.21. The summed E-state index contributed by atoms with van der Waals surface area (Å²) < 4.78 is 26.0. The van der Waals surface area contributed by atoms with Gasteiger partial charge in [-0.2, -0.15) is 0 Å². The van der Waals surface area contributed by atoms with Crippen LogP contribution >= 0.6 is 0 Å². The molecule has 0 radical (unpaired) electrons. The first-order chi connectivity index (χ1) is 5.17. The SMILES string of the molecule is CCNC1CCCCC1(F)F. The standard InChI is InChI=1S/C8H15F2N/c1-2-11-7-5-3-4-6-8(7,9)10/h7,11H,2-6H2,1H3. The van der Waals surface area contributed by atoms with Gasteiger partial charge in [0, 0.05) is 6.42 Å². The van der Waals surface area contributed by atoms with Crippen molar-refractivity contribution in [1.29, 1.82) is 0 Å². The fraction of sp³-hybridized carbons (Fsp3) is 1.00. The Morgan fingerprint density at radius 3 is 2.73 bits per heavy atom. The molecule has 0 bridgehead atoms. The quantitative estimate of drug-likeness (QED) is 0.657. The summed E-state index contributed by atoms with van der Waals surface area (Å²) >= 11 is 0. The Hall–Kier alpha value is -0.180. The van der Waals surface area contributed by atoms with E-state index in [-0.39, 0.29) is 6.42 Å². The minimum Gasteiger partial charge on any atom is -0.309 e. The maximum atomic E-state index is 13.0. The predicted octanol–water partition coefficient (Wildman–Crippen LogP) is 2.17. The van der Waals surface area contributed by atoms with Crippen LogP contribution in [0.5, 0.6) is 0 Å². The molecule has 3 heteroatoms. The van der Waals surface area contributed by atoms with Crippen LogP contribution in [0, 0.1) is 0 Å². The second-order valence-corrected chi connectivity index (χ2v) is 3.12. The van der Waals surface area contributed by atoms with Gasteiger partial charge in [-0.05, 0) is 19.4 Å². The summed E-state index contributed by atoms with van der Waals surface area (Å²) in [4.78, 5) is 0. The topological polar surface area (TPSA) is 12.0 Å². The number of halogens is 2. The molecule has 1 nitrogen and oxygen atoms in total. The predicted molar refractivity (Wildman–Crippen MR) is 40.9 cm³/mol. The zero-order chi connectivity index (χ0) is 8.32. The van der Waals surface area contributed by atoms with Crippen molar-refractivity contribution < 1.29 is 8.78 Å². The van der Waals surface area contributed by atoms with Crippen molar-refractivity contribution in [3.05, 3.63) is 0 Å². The molecule has 1 N–H and O–H groups in total. The molecular weight excluding hydrogens is 148 g/mol. The van der Waals surface area contributed by atoms with E-state index in [0.717, 1.165) is 6.42 Å². The fourth-order valence-electron chi connectivity index (χ4n) is 1.59. The van der Waals surface area contributed by atoms with E-state index in [1.165, 1.54) is 0 Å². The van der Waals surface area contributed by atoms with Gasteiger partial charge in [-0.1, -0.05) is 13.3 Å². The van der Waals surface area contributed by atoms with Crippen molar-refractivity contribution in [2.45, 2.75) is 44.6 Å². The lowest BCUT2D eigenvalue weighted by Crippen LogP contribution is -2.46. The highest BCUT2D eigenvalue weighted by atomic mass is 19.3. The Balaban J connectivity index is 2.45. The maximum absolute atomic E-state index is 13.0. The molecule has 0 aromatic carbocycles. The van der Waals surface area contributed by atoms with Crippen LogP contribution in [-0.2, 0) is 0 Å². The highest BCUT2D eigenvalue weighted by Gasteiger charge is 2.40. The monoisotopic (exact) mass is 163 g/mol. The van der Waals surface area contributed by atoms with Gasteiger partial charge in [-0.15, -0.1) is 0 Å². The van der Waals surface area contributed by atoms with Crippen molar-refractivity contribution in [3.8, 4) is 0 Å². The molecule has 1 unspecified atom stereocenters. The molecule has 0 aliphatic heterocycles. The van der Waals surface area contributed by atoms with Crippen LogP contribution in [0.4, 0.5) is 8.78 Å². The Morgan fingerprint density at radius 2 is 2.18 bits per heavy atom. The highest BCUT2D eigenvalue weighted by molar-refractivity contribution is 4.86. The van der Waals surface area contributed by atoms with E-state index in [2.05, 4.69) is 5.32 Å². The molecule has 11 heavy (non-hydrogen) atoms. The van der Waals surface area contributed by atoms with Gasteiger partial charge >= 0.3 is 0 Å². The van der Waals surface area contributed by atoms with Crippen LogP contribution in [0.25, 0.3) is 0 Å². The van der Waals surface area contributed by atoms with Gasteiger partial charge < -0.3 is 5.32 Å². The number of rotatable bonds is 2. The number of hydrogen-bond donors (Lipinski definition) is 1. The van der Waals surface area contributed by atoms with Gasteiger partial charge in [0.2, 0.25) is 0 Å². The molecular formula is C8H15F2N. The van der Waals surface area contributed by atoms with E-state index in [1.54, 1.807) is 0 Å². The molecule has 66 valence electrons. The van der Waals surface area contributed by atoms with Crippen molar-refractivity contribution in [2.75, 3.05) is 6.54 Å². The van der Waals surface area contributed by atoms with Gasteiger partial charge in [0.15, 0.2) is 0 Å². The fourth-order valence-corrected chi connectivity index (χ4v) is 1.59. The second-order valence-electron chi connectivity index (χ2n) is 3.12. The van der Waals surface area contributed by atoms with Gasteiger partial charge in [0.1, 0.15) is 0 Å². The minimum absolute atomic E-state index is 0.0602. The summed E-state index contributed by atoms with van der Waals surface area (Å²) in [6.07, 6.45) is 2.30. The molecule has 1 saturated carbocycles. The first kappa shape index (κ1) is 8.91. The molecule has 0 heterocycles. The number of alkyl halides is 2. The average molecular weight is 163 g/mol. The van der Waals surface area contributed by atoms with Gasteiger partial charge in [0.05, 0.1) is 6.04 Å². The largest absolute Gasteiger partial charge is 0.309 e. The first-order valence-corrected chi connectivity index (χ1v) is 4.28. The van der Waals surface area contributed by atoms with E-state index in [1.807, 2.05) is 6.92 Å². The maximum Gasteiger partial charge on any atom is 0.263 e. The van der Waals surface area contributed by atoms with Crippen molar-refractivity contribution in [1.82, 2.24) is 5.32 Å². The summed E-state index contributed by atoms with van der Waals surface area (Å²) in [6, 6.07) is -0.568. The lowest BCUT2D eigenvalue weighted by molar-refractivity contribution is -0.0629. The molecule has 0 saturated heterocycles. The normalized spacial score (nSPS) is 30.3. The lowest BCUT2D eigenvalue weighted by Gasteiger charge is -2.31. The van der Waals surface area contributed by atoms with E-state index in [0.29, 0.717) is 19.4 Å². The smallest absolute Gasteiger partial charge is 0.263 e. The molecule has 1 aliphatic rings. The van der Waals surface area contributed by atoms with Crippen LogP contribution in [-0.4, -0.2) is 18.5 Å². The number of hydrogen-bond acceptors (Lipinski definition) is 1. The summed E-state index contributed by atoms with van der Waals surface area (Å²) in [5.74, 6) is -2.46. The molecule has 1 aliphatic carbocycles. The Morgan fingerprint density at radius 1 is 1.45 bits per heavy atom. The average Bonchev–Trinajstić information content (AvgIpc) is 1.94. The van der Waals surface area contributed by atoms with E-state index in [9.17, 15) is 8.78 Å². The third-order valence-corrected chi connectivity index (χ3v) is 2.21. The van der Waals surface area contributed by atoms with Crippen LogP contribution in [0.3, 0.4) is 0 Å². The van der Waals surface area contributed by atoms with Gasteiger partial charge in [-0.3, -0.25) is 0 Å². The Kier molecular flexibility index (Phi) is 2.82. The third kappa shape index (κ3) is 2.12. The zero-order valence-electron chi connectivity index (χ0n) is 6.87. The Bertz CT molecular complexity index is 123. The van der Waals surface area contributed by atoms with Crippen LogP contribution in [0.15, 0.2) is 0 Å². The van der Waals surface area contributed by atoms with Crippen LogP contribution < -0.4 is 5.32 Å². The van der Waals surface area contributed by atoms with Crippen LogP contribution in [0.2, 0.25) is 0 Å². The summed E-state index contributed by atoms with van der Waals surface area (Å²) in [5, 5.41) is 2.82. The molecule has 0 amide bonds. The molecule has 0 aromatic heterocycles. The summed E-state index contributed by atoms with van der Waals surface area (Å²) in [6.45, 7) is 2.50. The second kappa shape index (κ2) is 3.48. The van der Waals surface area contributed by atoms with E-state index < -0.39 is 12.0 Å². The van der Waals surface area contributed by atoms with Gasteiger partial charge in [-0.25, -0.2) is 8.78 Å².